The fourth-order valence-corrected chi connectivity index (χ4v) is 3.01. The molecule has 0 aliphatic rings. The normalized spacial score (nSPS) is 10.6. The number of amides is 2. The number of carboxylic acids is 1. The number of aryl methyl sites for hydroxylation is 1. The Morgan fingerprint density at radius 2 is 1.92 bits per heavy atom. The Labute approximate surface area is 146 Å². The van der Waals surface area contributed by atoms with Crippen LogP contribution in [-0.4, -0.2) is 38.8 Å². The van der Waals surface area contributed by atoms with Crippen LogP contribution in [-0.2, 0) is 4.79 Å². The first-order valence-corrected chi connectivity index (χ1v) is 8.16. The number of imidazole rings is 1. The van der Waals surface area contributed by atoms with Crippen molar-refractivity contribution in [3.05, 3.63) is 52.8 Å². The third kappa shape index (κ3) is 3.66. The summed E-state index contributed by atoms with van der Waals surface area (Å²) in [6, 6.07) is 6.14. The van der Waals surface area contributed by atoms with Crippen LogP contribution in [0.1, 0.15) is 26.5 Å². The number of hydrogen-bond acceptors (Lipinski definition) is 5. The minimum absolute atomic E-state index is 0.303. The summed E-state index contributed by atoms with van der Waals surface area (Å²) in [6.07, 6.45) is 1.67. The first kappa shape index (κ1) is 16.7. The smallest absolute Gasteiger partial charge is 0.322 e. The summed E-state index contributed by atoms with van der Waals surface area (Å²) in [5, 5.41) is 15.5. The Bertz CT molecular complexity index is 958. The van der Waals surface area contributed by atoms with E-state index >= 15 is 0 Å². The maximum atomic E-state index is 12.3. The lowest BCUT2D eigenvalue weighted by Gasteiger charge is -2.05. The average Bonchev–Trinajstić information content (AvgIpc) is 3.16. The van der Waals surface area contributed by atoms with Crippen LogP contribution in [0.25, 0.3) is 4.96 Å². The van der Waals surface area contributed by atoms with Crippen LogP contribution >= 0.6 is 11.3 Å². The highest BCUT2D eigenvalue weighted by atomic mass is 32.1. The first-order valence-electron chi connectivity index (χ1n) is 7.28. The van der Waals surface area contributed by atoms with Gasteiger partial charge in [-0.25, -0.2) is 4.98 Å². The second kappa shape index (κ2) is 6.73. The zero-order valence-corrected chi connectivity index (χ0v) is 14.0. The summed E-state index contributed by atoms with van der Waals surface area (Å²) in [6.45, 7) is 1.48. The van der Waals surface area contributed by atoms with Gasteiger partial charge in [0.25, 0.3) is 11.8 Å². The van der Waals surface area contributed by atoms with Crippen molar-refractivity contribution >= 4 is 39.8 Å². The molecule has 0 spiro atoms. The van der Waals surface area contributed by atoms with Gasteiger partial charge in [0.1, 0.15) is 12.2 Å². The van der Waals surface area contributed by atoms with Crippen molar-refractivity contribution in [1.29, 1.82) is 0 Å². The molecule has 0 radical (unpaired) electrons. The number of rotatable bonds is 5. The molecule has 9 heteroatoms. The Hall–Kier alpha value is -3.20. The lowest BCUT2D eigenvalue weighted by atomic mass is 10.2. The molecule has 0 atom stereocenters. The molecule has 0 saturated heterocycles. The fourth-order valence-electron chi connectivity index (χ4n) is 2.16. The van der Waals surface area contributed by atoms with Crippen LogP contribution in [0, 0.1) is 6.92 Å². The van der Waals surface area contributed by atoms with Crippen LogP contribution < -0.4 is 10.6 Å². The largest absolute Gasteiger partial charge is 0.480 e. The number of fused-ring (bicyclic) bond motifs is 1. The van der Waals surface area contributed by atoms with E-state index in [2.05, 4.69) is 15.6 Å². The molecule has 0 saturated carbocycles. The average molecular weight is 358 g/mol. The van der Waals surface area contributed by atoms with Crippen LogP contribution in [0.2, 0.25) is 0 Å². The number of nitrogens with zero attached hydrogens (tertiary/aromatic N) is 2. The van der Waals surface area contributed by atoms with E-state index in [1.807, 2.05) is 16.7 Å². The van der Waals surface area contributed by atoms with E-state index in [1.165, 1.54) is 23.5 Å². The molecule has 128 valence electrons. The van der Waals surface area contributed by atoms with E-state index < -0.39 is 18.4 Å². The maximum absolute atomic E-state index is 12.3. The van der Waals surface area contributed by atoms with Gasteiger partial charge in [-0.3, -0.25) is 18.8 Å². The quantitative estimate of drug-likeness (QED) is 0.643. The number of hydrogen-bond donors (Lipinski definition) is 3. The summed E-state index contributed by atoms with van der Waals surface area (Å²) < 4.78 is 1.84. The van der Waals surface area contributed by atoms with Gasteiger partial charge in [0.2, 0.25) is 0 Å². The van der Waals surface area contributed by atoms with Crippen molar-refractivity contribution in [2.45, 2.75) is 6.92 Å². The van der Waals surface area contributed by atoms with Crippen LogP contribution in [0.3, 0.4) is 0 Å². The van der Waals surface area contributed by atoms with E-state index in [0.717, 1.165) is 10.7 Å². The molecule has 2 aromatic heterocycles. The summed E-state index contributed by atoms with van der Waals surface area (Å²) in [4.78, 5) is 39.4. The van der Waals surface area contributed by atoms with Crippen molar-refractivity contribution in [2.24, 2.45) is 0 Å². The van der Waals surface area contributed by atoms with Crippen molar-refractivity contribution in [3.8, 4) is 0 Å². The van der Waals surface area contributed by atoms with Gasteiger partial charge in [-0.15, -0.1) is 11.3 Å². The summed E-state index contributed by atoms with van der Waals surface area (Å²) in [7, 11) is 0. The van der Waals surface area contributed by atoms with Crippen LogP contribution in [0.5, 0.6) is 0 Å². The van der Waals surface area contributed by atoms with E-state index in [9.17, 15) is 14.4 Å². The molecule has 0 fully saturated rings. The number of anilines is 1. The molecule has 0 bridgehead atoms. The Morgan fingerprint density at radius 1 is 1.20 bits per heavy atom. The summed E-state index contributed by atoms with van der Waals surface area (Å²) in [5.41, 5.74) is 2.12. The van der Waals surface area contributed by atoms with Gasteiger partial charge < -0.3 is 15.7 Å². The molecular weight excluding hydrogens is 344 g/mol. The molecule has 8 nitrogen and oxygen atoms in total. The number of aromatic nitrogens is 2. The number of aliphatic carboxylic acids is 1. The molecule has 0 unspecified atom stereocenters. The Kier molecular flexibility index (Phi) is 4.48. The van der Waals surface area contributed by atoms with Gasteiger partial charge in [-0.05, 0) is 31.2 Å². The third-order valence-corrected chi connectivity index (χ3v) is 4.38. The highest BCUT2D eigenvalue weighted by Crippen LogP contribution is 2.17. The molecule has 3 rings (SSSR count). The lowest BCUT2D eigenvalue weighted by molar-refractivity contribution is -0.135. The SMILES string of the molecule is Cc1csc2nc(C(=O)Nc3ccc(C(=O)NCC(=O)O)cc3)cn12. The third-order valence-electron chi connectivity index (χ3n) is 3.43. The highest BCUT2D eigenvalue weighted by molar-refractivity contribution is 7.15. The highest BCUT2D eigenvalue weighted by Gasteiger charge is 2.13. The van der Waals surface area contributed by atoms with Gasteiger partial charge >= 0.3 is 5.97 Å². The molecule has 2 amide bonds. The Balaban J connectivity index is 1.67. The number of carboxylic acid groups (broad SMARTS) is 1. The predicted molar refractivity (Wildman–Crippen MR) is 92.2 cm³/mol. The Morgan fingerprint density at radius 3 is 2.56 bits per heavy atom. The standard InChI is InChI=1S/C16H14N4O4S/c1-9-8-25-16-19-12(7-20(9)16)15(24)18-11-4-2-10(3-5-11)14(23)17-6-13(21)22/h2-5,7-8H,6H2,1H3,(H,17,23)(H,18,24)(H,21,22). The van der Waals surface area contributed by atoms with Gasteiger partial charge in [0.15, 0.2) is 4.96 Å². The van der Waals surface area contributed by atoms with Crippen LogP contribution in [0.15, 0.2) is 35.8 Å². The predicted octanol–water partition coefficient (Wildman–Crippen LogP) is 1.77. The maximum Gasteiger partial charge on any atom is 0.322 e. The fraction of sp³-hybridized carbons (Fsp3) is 0.125. The minimum Gasteiger partial charge on any atom is -0.480 e. The number of nitrogens with one attached hydrogen (secondary N) is 2. The molecular formula is C16H14N4O4S. The lowest BCUT2D eigenvalue weighted by Crippen LogP contribution is -2.29. The number of thiazole rings is 1. The molecule has 25 heavy (non-hydrogen) atoms. The number of carbonyl (C=O) groups is 3. The van der Waals surface area contributed by atoms with E-state index in [1.54, 1.807) is 18.3 Å². The second-order valence-corrected chi connectivity index (χ2v) is 6.10. The summed E-state index contributed by atoms with van der Waals surface area (Å²) in [5.74, 6) is -1.96. The molecule has 1 aromatic carbocycles. The first-order chi connectivity index (χ1) is 11.9. The van der Waals surface area contributed by atoms with E-state index in [-0.39, 0.29) is 5.91 Å². The van der Waals surface area contributed by atoms with Gasteiger partial charge in [-0.2, -0.15) is 0 Å². The van der Waals surface area contributed by atoms with Crippen LogP contribution in [0.4, 0.5) is 5.69 Å². The van der Waals surface area contributed by atoms with E-state index in [0.29, 0.717) is 16.9 Å². The molecule has 0 aliphatic heterocycles. The molecule has 3 N–H and O–H groups in total. The second-order valence-electron chi connectivity index (χ2n) is 5.26. The number of carbonyl (C=O) groups excluding carboxylic acids is 2. The topological polar surface area (TPSA) is 113 Å². The van der Waals surface area contributed by atoms with Crippen molar-refractivity contribution in [3.63, 3.8) is 0 Å². The zero-order valence-electron chi connectivity index (χ0n) is 13.1. The summed E-state index contributed by atoms with van der Waals surface area (Å²) >= 11 is 1.46. The van der Waals surface area contributed by atoms with Gasteiger partial charge in [0, 0.05) is 28.5 Å². The van der Waals surface area contributed by atoms with E-state index in [4.69, 9.17) is 5.11 Å². The van der Waals surface area contributed by atoms with Crippen molar-refractivity contribution < 1.29 is 19.5 Å². The van der Waals surface area contributed by atoms with Crippen molar-refractivity contribution in [2.75, 3.05) is 11.9 Å². The zero-order chi connectivity index (χ0) is 18.0. The van der Waals surface area contributed by atoms with Gasteiger partial charge in [-0.1, -0.05) is 0 Å². The molecule has 2 heterocycles. The molecule has 3 aromatic rings. The van der Waals surface area contributed by atoms with Crippen molar-refractivity contribution in [1.82, 2.24) is 14.7 Å². The monoisotopic (exact) mass is 358 g/mol. The molecule has 0 aliphatic carbocycles. The minimum atomic E-state index is -1.12. The van der Waals surface area contributed by atoms with Gasteiger partial charge in [0.05, 0.1) is 0 Å². The number of benzene rings is 1.